The van der Waals surface area contributed by atoms with Gasteiger partial charge in [-0.2, -0.15) is 0 Å². The normalized spacial score (nSPS) is 10.4. The van der Waals surface area contributed by atoms with E-state index in [0.717, 1.165) is 0 Å². The summed E-state index contributed by atoms with van der Waals surface area (Å²) in [6, 6.07) is -1.21. The van der Waals surface area contributed by atoms with Crippen molar-refractivity contribution in [2.24, 2.45) is 0 Å². The van der Waals surface area contributed by atoms with E-state index in [-0.39, 0.29) is 50.3 Å². The first-order valence-corrected chi connectivity index (χ1v) is 16.6. The maximum Gasteiger partial charge on any atom is 3.00 e. The van der Waals surface area contributed by atoms with E-state index in [4.69, 9.17) is 5.73 Å². The van der Waals surface area contributed by atoms with Gasteiger partial charge in [0, 0.05) is 77.8 Å². The van der Waals surface area contributed by atoms with Gasteiger partial charge in [0.25, 0.3) is 0 Å². The SMILES string of the molecule is C[PH+](C)C.C[PH+](C)C.C[PH+](C)C.[Ir+3].[NH-]C(Cc1cnc[nH]1)C(=O)[O-]. The molecule has 1 atom stereocenters. The van der Waals surface area contributed by atoms with E-state index in [1.54, 1.807) is 0 Å². The third-order valence-electron chi connectivity index (χ3n) is 1.26. The molecule has 0 aliphatic heterocycles. The molecule has 9 heteroatoms. The summed E-state index contributed by atoms with van der Waals surface area (Å²) in [6.45, 7) is 20.4. The molecule has 0 radical (unpaired) electrons. The van der Waals surface area contributed by atoms with Crippen molar-refractivity contribution in [2.45, 2.75) is 12.5 Å². The van der Waals surface area contributed by atoms with Gasteiger partial charge in [-0.05, 0) is 30.2 Å². The number of aromatic nitrogens is 2. The number of carbonyl (C=O) groups is 1. The average Bonchev–Trinajstić information content (AvgIpc) is 2.79. The van der Waals surface area contributed by atoms with E-state index >= 15 is 0 Å². The maximum absolute atomic E-state index is 10.1. The summed E-state index contributed by atoms with van der Waals surface area (Å²) in [6.07, 6.45) is 3.05. The topological polar surface area (TPSA) is 92.6 Å². The molecule has 24 heavy (non-hydrogen) atoms. The predicted octanol–water partition coefficient (Wildman–Crippen LogP) is 2.39. The van der Waals surface area contributed by atoms with E-state index in [9.17, 15) is 9.90 Å². The fourth-order valence-corrected chi connectivity index (χ4v) is 0.700. The number of carboxylic acid groups (broad SMARTS) is 1. The minimum atomic E-state index is -1.36. The summed E-state index contributed by atoms with van der Waals surface area (Å²) in [5.41, 5.74) is 7.63. The van der Waals surface area contributed by atoms with Crippen LogP contribution in [0, 0.1) is 0 Å². The Labute approximate surface area is 166 Å². The number of aromatic amines is 1. The molecule has 1 rings (SSSR count). The average molecular weight is 577 g/mol. The van der Waals surface area contributed by atoms with Crippen molar-refractivity contribution in [3.05, 3.63) is 24.0 Å². The second-order valence-electron chi connectivity index (χ2n) is 6.65. The second kappa shape index (κ2) is 21.6. The monoisotopic (exact) mass is 577 g/mol. The van der Waals surface area contributed by atoms with Crippen LogP contribution in [0.5, 0.6) is 0 Å². The number of imidazole rings is 1. The molecule has 0 fully saturated rings. The number of hydrogen-bond donors (Lipinski definition) is 1. The van der Waals surface area contributed by atoms with Gasteiger partial charge in [-0.15, -0.1) is 0 Å². The molecule has 0 spiro atoms. The van der Waals surface area contributed by atoms with Gasteiger partial charge in [-0.25, -0.2) is 4.98 Å². The van der Waals surface area contributed by atoms with Crippen molar-refractivity contribution in [2.75, 3.05) is 60.0 Å². The summed E-state index contributed by atoms with van der Waals surface area (Å²) < 4.78 is 0. The predicted molar refractivity (Wildman–Crippen MR) is 114 cm³/mol. The molecule has 144 valence electrons. The van der Waals surface area contributed by atoms with Crippen LogP contribution < -0.4 is 5.11 Å². The van der Waals surface area contributed by atoms with Gasteiger partial charge in [-0.1, -0.05) is 6.04 Å². The first kappa shape index (κ1) is 32.3. The Bertz CT molecular complexity index is 342. The standard InChI is InChI=1S/C6H8N3O2.3C3H9P.Ir/c7-5(6(10)11)1-4-2-8-3-9-4;3*1-4(2)3;/h2-3,5,7H,1H2,(H,8,9)(H,10,11);3*1-3H3;/q-1;;;;+3/p+2. The Kier molecular flexibility index (Phi) is 29.1. The molecule has 0 aliphatic carbocycles. The second-order valence-corrected chi connectivity index (χ2v) is 15.7. The van der Waals surface area contributed by atoms with Crippen LogP contribution >= 0.6 is 23.8 Å². The van der Waals surface area contributed by atoms with Gasteiger partial charge in [0.05, 0.1) is 6.33 Å². The molecule has 1 aromatic rings. The third-order valence-corrected chi connectivity index (χ3v) is 1.26. The summed E-state index contributed by atoms with van der Waals surface area (Å²) in [7, 11) is 0.361. The van der Waals surface area contributed by atoms with Crippen LogP contribution in [0.25, 0.3) is 5.73 Å². The fraction of sp³-hybridized carbons (Fsp3) is 0.733. The van der Waals surface area contributed by atoms with Gasteiger partial charge in [0.2, 0.25) is 0 Å². The van der Waals surface area contributed by atoms with Crippen molar-refractivity contribution >= 4 is 29.7 Å². The molecule has 0 aliphatic rings. The first-order chi connectivity index (χ1) is 10.4. The number of carbonyl (C=O) groups excluding carboxylic acids is 1. The number of carboxylic acids is 1. The maximum atomic E-state index is 10.1. The van der Waals surface area contributed by atoms with Gasteiger partial charge >= 0.3 is 20.1 Å². The van der Waals surface area contributed by atoms with Crippen LogP contribution in [0.3, 0.4) is 0 Å². The molecule has 0 amide bonds. The summed E-state index contributed by atoms with van der Waals surface area (Å²) >= 11 is 0. The van der Waals surface area contributed by atoms with Gasteiger partial charge < -0.3 is 20.6 Å². The minimum absolute atomic E-state index is 0. The number of nitrogens with zero attached hydrogens (tertiary/aromatic N) is 1. The number of hydrogen-bond acceptors (Lipinski definition) is 3. The number of rotatable bonds is 3. The Balaban J connectivity index is -0.000000130. The molecule has 5 nitrogen and oxygen atoms in total. The zero-order chi connectivity index (χ0) is 19.0. The zero-order valence-electron chi connectivity index (χ0n) is 16.5. The Morgan fingerprint density at radius 3 is 1.62 bits per heavy atom. The molecule has 1 aromatic heterocycles. The summed E-state index contributed by atoms with van der Waals surface area (Å²) in [5, 5.41) is 10.1. The molecule has 0 bridgehead atoms. The molecular weight excluding hydrogens is 539 g/mol. The van der Waals surface area contributed by atoms with Crippen LogP contribution in [-0.4, -0.2) is 82.0 Å². The zero-order valence-corrected chi connectivity index (χ0v) is 21.9. The van der Waals surface area contributed by atoms with Gasteiger partial charge in [-0.3, -0.25) is 0 Å². The van der Waals surface area contributed by atoms with Crippen molar-refractivity contribution in [3.8, 4) is 0 Å². The molecule has 0 saturated carbocycles. The third kappa shape index (κ3) is 43.3. The van der Waals surface area contributed by atoms with Crippen molar-refractivity contribution in [1.29, 1.82) is 0 Å². The van der Waals surface area contributed by atoms with Crippen LogP contribution in [0.1, 0.15) is 5.69 Å². The number of nitrogens with one attached hydrogen (secondary N) is 2. The van der Waals surface area contributed by atoms with Crippen LogP contribution in [-0.2, 0) is 31.3 Å². The van der Waals surface area contributed by atoms with Crippen molar-refractivity contribution < 1.29 is 30.0 Å². The van der Waals surface area contributed by atoms with Crippen molar-refractivity contribution in [3.63, 3.8) is 0 Å². The first-order valence-electron chi connectivity index (χ1n) is 7.59. The van der Waals surface area contributed by atoms with E-state index in [0.29, 0.717) is 5.69 Å². The molecule has 1 unspecified atom stereocenters. The summed E-state index contributed by atoms with van der Waals surface area (Å²) in [4.78, 5) is 16.5. The van der Waals surface area contributed by atoms with Gasteiger partial charge in [0.15, 0.2) is 0 Å². The van der Waals surface area contributed by atoms with Crippen LogP contribution in [0.2, 0.25) is 0 Å². The van der Waals surface area contributed by atoms with E-state index in [1.165, 1.54) is 12.5 Å². The smallest absolute Gasteiger partial charge is 0.670 e. The van der Waals surface area contributed by atoms with Crippen LogP contribution in [0.15, 0.2) is 12.5 Å². The van der Waals surface area contributed by atoms with E-state index < -0.39 is 12.0 Å². The molecular formula is C15H37IrN3O2P3+4. The Morgan fingerprint density at radius 1 is 1.08 bits per heavy atom. The molecule has 0 aromatic carbocycles. The Morgan fingerprint density at radius 2 is 1.42 bits per heavy atom. The number of H-pyrrole nitrogens is 1. The van der Waals surface area contributed by atoms with E-state index in [2.05, 4.69) is 70.0 Å². The summed E-state index contributed by atoms with van der Waals surface area (Å²) in [5.74, 6) is -1.36. The largest absolute Gasteiger partial charge is 3.00 e. The molecule has 2 N–H and O–H groups in total. The van der Waals surface area contributed by atoms with Crippen LogP contribution in [0.4, 0.5) is 0 Å². The molecule has 1 heterocycles. The van der Waals surface area contributed by atoms with Gasteiger partial charge in [0.1, 0.15) is 0 Å². The quantitative estimate of drug-likeness (QED) is 0.561. The van der Waals surface area contributed by atoms with Crippen molar-refractivity contribution in [1.82, 2.24) is 9.97 Å². The Hall–Kier alpha value is 0.579. The fourth-order valence-electron chi connectivity index (χ4n) is 0.700. The molecule has 0 saturated heterocycles. The number of aliphatic carboxylic acids is 1. The van der Waals surface area contributed by atoms with E-state index in [1.807, 2.05) is 0 Å². The minimum Gasteiger partial charge on any atom is -0.670 e.